The number of Topliss-reactive ketones (excluding diaryl/α,β-unsaturated/α-hetero) is 1. The molecule has 0 spiro atoms. The van der Waals surface area contributed by atoms with Gasteiger partial charge in [-0.15, -0.1) is 0 Å². The molecule has 0 N–H and O–H groups in total. The lowest BCUT2D eigenvalue weighted by atomic mass is 10.0. The number of methoxy groups -OCH3 is 1. The minimum absolute atomic E-state index is 0.117. The molecule has 0 amide bonds. The minimum Gasteiger partial charge on any atom is -0.495 e. The summed E-state index contributed by atoms with van der Waals surface area (Å²) < 4.78 is 13.3. The van der Waals surface area contributed by atoms with E-state index in [1.807, 2.05) is 30.3 Å². The molecule has 0 bridgehead atoms. The summed E-state index contributed by atoms with van der Waals surface area (Å²) in [6, 6.07) is 14.5. The smallest absolute Gasteiger partial charge is 0.202 e. The third kappa shape index (κ3) is 2.90. The molecule has 0 saturated carbocycles. The van der Waals surface area contributed by atoms with Crippen molar-refractivity contribution in [3.05, 3.63) is 81.1 Å². The van der Waals surface area contributed by atoms with Crippen LogP contribution in [0.15, 0.2) is 59.5 Å². The van der Waals surface area contributed by atoms with Crippen molar-refractivity contribution in [2.45, 2.75) is 13.2 Å². The van der Waals surface area contributed by atoms with Gasteiger partial charge in [0.25, 0.3) is 0 Å². The number of carbonyl (C=O) groups excluding carboxylic acids is 1. The van der Waals surface area contributed by atoms with Gasteiger partial charge >= 0.3 is 0 Å². The Kier molecular flexibility index (Phi) is 4.24. The van der Waals surface area contributed by atoms with Crippen molar-refractivity contribution < 1.29 is 14.3 Å². The lowest BCUT2D eigenvalue weighted by Gasteiger charge is -2.32. The van der Waals surface area contributed by atoms with Crippen LogP contribution >= 0.6 is 11.6 Å². The van der Waals surface area contributed by atoms with Crippen molar-refractivity contribution in [2.24, 2.45) is 0 Å². The zero-order chi connectivity index (χ0) is 19.1. The minimum atomic E-state index is -0.529. The Balaban J connectivity index is 2.01. The van der Waals surface area contributed by atoms with E-state index in [4.69, 9.17) is 21.1 Å². The van der Waals surface area contributed by atoms with Crippen molar-refractivity contribution in [1.29, 1.82) is 0 Å². The van der Waals surface area contributed by atoms with E-state index in [9.17, 15) is 9.59 Å². The number of hydrogen-bond donors (Lipinski definition) is 0. The molecule has 1 atom stereocenters. The van der Waals surface area contributed by atoms with Crippen LogP contribution in [0, 0.1) is 0 Å². The quantitative estimate of drug-likeness (QED) is 0.634. The van der Waals surface area contributed by atoms with E-state index in [0.717, 1.165) is 5.56 Å². The van der Waals surface area contributed by atoms with Gasteiger partial charge in [0.05, 0.1) is 23.4 Å². The van der Waals surface area contributed by atoms with Gasteiger partial charge in [-0.1, -0.05) is 41.9 Å². The molecule has 1 aliphatic heterocycles. The molecule has 27 heavy (non-hydrogen) atoms. The topological polar surface area (TPSA) is 57.5 Å². The normalized spacial score (nSPS) is 14.7. The van der Waals surface area contributed by atoms with E-state index in [-0.39, 0.29) is 16.8 Å². The maximum Gasteiger partial charge on any atom is 0.202 e. The molecule has 6 heteroatoms. The fourth-order valence-corrected chi connectivity index (χ4v) is 3.48. The SMILES string of the molecule is COc1cc2c(cc1Cl)-c1cc(=O)c(C(C)=O)cn1C(c1ccccc1)O2. The van der Waals surface area contributed by atoms with Crippen molar-refractivity contribution in [1.82, 2.24) is 4.57 Å². The molecule has 0 fully saturated rings. The molecule has 0 radical (unpaired) electrons. The Labute approximate surface area is 160 Å². The fourth-order valence-electron chi connectivity index (χ4n) is 3.24. The number of pyridine rings is 1. The Morgan fingerprint density at radius 2 is 1.93 bits per heavy atom. The maximum absolute atomic E-state index is 12.5. The molecule has 2 aromatic carbocycles. The lowest BCUT2D eigenvalue weighted by Crippen LogP contribution is -2.27. The number of carbonyl (C=O) groups is 1. The summed E-state index contributed by atoms with van der Waals surface area (Å²) in [6.07, 6.45) is 1.02. The first-order chi connectivity index (χ1) is 13.0. The van der Waals surface area contributed by atoms with Crippen LogP contribution in [0.5, 0.6) is 11.5 Å². The van der Waals surface area contributed by atoms with Gasteiger partial charge in [0, 0.05) is 29.5 Å². The fraction of sp³-hybridized carbons (Fsp3) is 0.143. The van der Waals surface area contributed by atoms with Gasteiger partial charge in [0.2, 0.25) is 6.23 Å². The average Bonchev–Trinajstić information content (AvgIpc) is 2.67. The molecule has 2 heterocycles. The Morgan fingerprint density at radius 3 is 2.59 bits per heavy atom. The molecule has 136 valence electrons. The third-order valence-electron chi connectivity index (χ3n) is 4.56. The highest BCUT2D eigenvalue weighted by atomic mass is 35.5. The highest BCUT2D eigenvalue weighted by Gasteiger charge is 2.29. The molecule has 5 nitrogen and oxygen atoms in total. The Morgan fingerprint density at radius 1 is 1.19 bits per heavy atom. The van der Waals surface area contributed by atoms with Gasteiger partial charge in [0.1, 0.15) is 11.5 Å². The molecule has 3 aromatic rings. The van der Waals surface area contributed by atoms with Crippen LogP contribution in [0.2, 0.25) is 5.02 Å². The second-order valence-corrected chi connectivity index (χ2v) is 6.67. The van der Waals surface area contributed by atoms with Gasteiger partial charge in [-0.05, 0) is 13.0 Å². The second-order valence-electron chi connectivity index (χ2n) is 6.26. The van der Waals surface area contributed by atoms with Gasteiger partial charge in [0.15, 0.2) is 11.2 Å². The number of halogens is 1. The van der Waals surface area contributed by atoms with Crippen molar-refractivity contribution in [3.63, 3.8) is 0 Å². The number of aromatic nitrogens is 1. The average molecular weight is 382 g/mol. The van der Waals surface area contributed by atoms with E-state index in [0.29, 0.717) is 27.8 Å². The number of hydrogen-bond acceptors (Lipinski definition) is 4. The predicted octanol–water partition coefficient (Wildman–Crippen LogP) is 4.32. The van der Waals surface area contributed by atoms with Crippen LogP contribution in [0.1, 0.15) is 29.1 Å². The largest absolute Gasteiger partial charge is 0.495 e. The number of rotatable bonds is 3. The van der Waals surface area contributed by atoms with Crippen LogP contribution in [-0.2, 0) is 0 Å². The number of nitrogens with zero attached hydrogens (tertiary/aromatic N) is 1. The van der Waals surface area contributed by atoms with Gasteiger partial charge < -0.3 is 14.0 Å². The zero-order valence-electron chi connectivity index (χ0n) is 14.7. The van der Waals surface area contributed by atoms with Crippen molar-refractivity contribution in [2.75, 3.05) is 7.11 Å². The van der Waals surface area contributed by atoms with Gasteiger partial charge in [-0.25, -0.2) is 0 Å². The van der Waals surface area contributed by atoms with Crippen LogP contribution in [0.3, 0.4) is 0 Å². The second kappa shape index (κ2) is 6.59. The molecule has 0 saturated heterocycles. The molecule has 1 aromatic heterocycles. The summed E-state index contributed by atoms with van der Waals surface area (Å²) in [7, 11) is 1.53. The number of fused-ring (bicyclic) bond motifs is 3. The molecule has 1 unspecified atom stereocenters. The highest BCUT2D eigenvalue weighted by molar-refractivity contribution is 6.32. The molecule has 0 aliphatic carbocycles. The van der Waals surface area contributed by atoms with E-state index < -0.39 is 6.23 Å². The highest BCUT2D eigenvalue weighted by Crippen LogP contribution is 2.44. The summed E-state index contributed by atoms with van der Waals surface area (Å²) in [5.74, 6) is 0.749. The lowest BCUT2D eigenvalue weighted by molar-refractivity contribution is 0.101. The molecule has 1 aliphatic rings. The summed E-state index contributed by atoms with van der Waals surface area (Å²) >= 11 is 6.28. The van der Waals surface area contributed by atoms with Gasteiger partial charge in [-0.3, -0.25) is 9.59 Å². The summed E-state index contributed by atoms with van der Waals surface area (Å²) in [5, 5.41) is 0.410. The predicted molar refractivity (Wildman–Crippen MR) is 103 cm³/mol. The maximum atomic E-state index is 12.5. The first kappa shape index (κ1) is 17.4. The summed E-state index contributed by atoms with van der Waals surface area (Å²) in [4.78, 5) is 24.3. The first-order valence-corrected chi connectivity index (χ1v) is 8.74. The van der Waals surface area contributed by atoms with Crippen molar-refractivity contribution in [3.8, 4) is 22.8 Å². The van der Waals surface area contributed by atoms with E-state index in [2.05, 4.69) is 0 Å². The van der Waals surface area contributed by atoms with Crippen LogP contribution < -0.4 is 14.9 Å². The van der Waals surface area contributed by atoms with Crippen LogP contribution in [0.4, 0.5) is 0 Å². The summed E-state index contributed by atoms with van der Waals surface area (Å²) in [6.45, 7) is 1.38. The number of benzene rings is 2. The van der Waals surface area contributed by atoms with Crippen LogP contribution in [0.25, 0.3) is 11.3 Å². The number of ketones is 1. The number of ether oxygens (including phenoxy) is 2. The first-order valence-electron chi connectivity index (χ1n) is 8.36. The molecule has 4 rings (SSSR count). The monoisotopic (exact) mass is 381 g/mol. The van der Waals surface area contributed by atoms with E-state index in [1.54, 1.807) is 22.9 Å². The van der Waals surface area contributed by atoms with Crippen molar-refractivity contribution >= 4 is 17.4 Å². The Bertz CT molecular complexity index is 1110. The summed E-state index contributed by atoms with van der Waals surface area (Å²) in [5.41, 5.74) is 1.97. The Hall–Kier alpha value is -3.05. The standard InChI is InChI=1S/C21H16ClNO4/c1-12(24)15-11-23-17(9-18(15)25)14-8-16(22)20(26-2)10-19(14)27-21(23)13-6-4-3-5-7-13/h3-11,21H,1-2H3. The van der Waals surface area contributed by atoms with Crippen LogP contribution in [-0.4, -0.2) is 17.5 Å². The van der Waals surface area contributed by atoms with Gasteiger partial charge in [-0.2, -0.15) is 0 Å². The molecular weight excluding hydrogens is 366 g/mol. The third-order valence-corrected chi connectivity index (χ3v) is 4.86. The van der Waals surface area contributed by atoms with E-state index in [1.165, 1.54) is 20.1 Å². The zero-order valence-corrected chi connectivity index (χ0v) is 15.5. The van der Waals surface area contributed by atoms with E-state index >= 15 is 0 Å². The molecular formula is C21H16ClNO4.